The molecule has 0 saturated carbocycles. The summed E-state index contributed by atoms with van der Waals surface area (Å²) in [5.41, 5.74) is 3.82. The van der Waals surface area contributed by atoms with E-state index in [1.807, 2.05) is 11.8 Å². The van der Waals surface area contributed by atoms with Crippen LogP contribution in [0.2, 0.25) is 0 Å². The van der Waals surface area contributed by atoms with Gasteiger partial charge < -0.3 is 4.90 Å². The lowest BCUT2D eigenvalue weighted by Crippen LogP contribution is -2.33. The van der Waals surface area contributed by atoms with Crippen LogP contribution in [-0.4, -0.2) is 6.54 Å². The fraction of sp³-hybridized carbons (Fsp3) is 0.192. The van der Waals surface area contributed by atoms with E-state index in [0.717, 1.165) is 24.0 Å². The Balaban J connectivity index is 1.52. The molecule has 0 fully saturated rings. The lowest BCUT2D eigenvalue weighted by molar-refractivity contribution is -0.671. The van der Waals surface area contributed by atoms with Crippen LogP contribution < -0.4 is 9.47 Å². The molecule has 0 aliphatic carbocycles. The van der Waals surface area contributed by atoms with Gasteiger partial charge in [-0.15, -0.1) is 0 Å². The molecule has 152 valence electrons. The number of thioether (sulfide) groups is 1. The highest BCUT2D eigenvalue weighted by molar-refractivity contribution is 9.10. The fourth-order valence-corrected chi connectivity index (χ4v) is 5.24. The van der Waals surface area contributed by atoms with Crippen molar-refractivity contribution < 1.29 is 4.57 Å². The summed E-state index contributed by atoms with van der Waals surface area (Å²) in [5, 5.41) is 2.56. The van der Waals surface area contributed by atoms with E-state index >= 15 is 0 Å². The Labute approximate surface area is 191 Å². The summed E-state index contributed by atoms with van der Waals surface area (Å²) < 4.78 is 3.45. The minimum absolute atomic E-state index is 0.958. The van der Waals surface area contributed by atoms with Gasteiger partial charge in [-0.2, -0.15) is 4.57 Å². The molecule has 1 aliphatic rings. The summed E-state index contributed by atoms with van der Waals surface area (Å²) in [7, 11) is 0. The van der Waals surface area contributed by atoms with Gasteiger partial charge in [0.05, 0.1) is 16.1 Å². The molecule has 0 N–H and O–H groups in total. The molecular formula is C26H26BrN2S+. The second kappa shape index (κ2) is 9.67. The molecule has 0 amide bonds. The van der Waals surface area contributed by atoms with Gasteiger partial charge in [0.15, 0.2) is 6.20 Å². The summed E-state index contributed by atoms with van der Waals surface area (Å²) in [4.78, 5) is 3.67. The van der Waals surface area contributed by atoms with Crippen LogP contribution in [0.15, 0.2) is 93.4 Å². The number of rotatable bonds is 6. The number of anilines is 1. The molecule has 3 aromatic rings. The van der Waals surface area contributed by atoms with Gasteiger partial charge in [0.1, 0.15) is 6.54 Å². The van der Waals surface area contributed by atoms with E-state index in [0.29, 0.717) is 0 Å². The van der Waals surface area contributed by atoms with Crippen LogP contribution in [0.3, 0.4) is 0 Å². The molecule has 2 nitrogen and oxygen atoms in total. The number of para-hydroxylation sites is 1. The van der Waals surface area contributed by atoms with Crippen LogP contribution in [0.1, 0.15) is 25.8 Å². The number of hydrogen-bond donors (Lipinski definition) is 0. The Bertz CT molecular complexity index is 1150. The van der Waals surface area contributed by atoms with Gasteiger partial charge in [-0.3, -0.25) is 0 Å². The molecule has 0 saturated heterocycles. The first-order valence-electron chi connectivity index (χ1n) is 10.4. The molecule has 0 spiro atoms. The predicted octanol–water partition coefficient (Wildman–Crippen LogP) is 7.34. The minimum Gasteiger partial charge on any atom is -0.335 e. The Morgan fingerprint density at radius 1 is 1.03 bits per heavy atom. The number of allylic oxidation sites excluding steroid dienone is 4. The molecule has 0 atom stereocenters. The van der Waals surface area contributed by atoms with E-state index in [1.165, 1.54) is 32.1 Å². The average molecular weight is 478 g/mol. The monoisotopic (exact) mass is 477 g/mol. The van der Waals surface area contributed by atoms with E-state index in [-0.39, 0.29) is 0 Å². The average Bonchev–Trinajstić information content (AvgIpc) is 3.11. The standard InChI is InChI=1S/C26H26BrN2S/c1-3-17-28-18-16-20(22-11-8-9-12-23(22)28)10-6-5-7-13-26-29(4-2)24-19-21(27)14-15-25(24)30-26/h5-16,18-19H,3-4,17H2,1-2H3/q+1. The number of hydrogen-bond acceptors (Lipinski definition) is 2. The molecule has 4 rings (SSSR count). The van der Waals surface area contributed by atoms with Crippen molar-refractivity contribution in [1.82, 2.24) is 0 Å². The van der Waals surface area contributed by atoms with Gasteiger partial charge in [0.2, 0.25) is 5.52 Å². The largest absolute Gasteiger partial charge is 0.335 e. The number of fused-ring (bicyclic) bond motifs is 2. The van der Waals surface area contributed by atoms with Crippen molar-refractivity contribution >= 4 is 50.4 Å². The molecule has 1 aliphatic heterocycles. The molecule has 30 heavy (non-hydrogen) atoms. The van der Waals surface area contributed by atoms with Crippen LogP contribution in [-0.2, 0) is 6.54 Å². The Hall–Kier alpha value is -2.30. The van der Waals surface area contributed by atoms with Gasteiger partial charge in [0, 0.05) is 34.5 Å². The van der Waals surface area contributed by atoms with Crippen molar-refractivity contribution in [3.05, 3.63) is 94.1 Å². The van der Waals surface area contributed by atoms with Gasteiger partial charge in [-0.1, -0.05) is 71.1 Å². The summed E-state index contributed by atoms with van der Waals surface area (Å²) >= 11 is 5.42. The van der Waals surface area contributed by atoms with Gasteiger partial charge in [-0.25, -0.2) is 0 Å². The van der Waals surface area contributed by atoms with Crippen molar-refractivity contribution in [2.45, 2.75) is 31.7 Å². The normalized spacial score (nSPS) is 15.2. The van der Waals surface area contributed by atoms with Crippen molar-refractivity contribution in [3.8, 4) is 0 Å². The first-order chi connectivity index (χ1) is 14.7. The van der Waals surface area contributed by atoms with E-state index in [4.69, 9.17) is 0 Å². The maximum Gasteiger partial charge on any atom is 0.213 e. The van der Waals surface area contributed by atoms with E-state index in [2.05, 4.69) is 124 Å². The Morgan fingerprint density at radius 2 is 1.90 bits per heavy atom. The number of nitrogens with zero attached hydrogens (tertiary/aromatic N) is 2. The lowest BCUT2D eigenvalue weighted by Gasteiger charge is -2.17. The number of pyridine rings is 1. The topological polar surface area (TPSA) is 7.12 Å². The van der Waals surface area contributed by atoms with Crippen molar-refractivity contribution in [2.24, 2.45) is 0 Å². The van der Waals surface area contributed by atoms with Gasteiger partial charge in [0.25, 0.3) is 0 Å². The minimum atomic E-state index is 0.958. The molecule has 1 aromatic heterocycles. The van der Waals surface area contributed by atoms with E-state index in [1.54, 1.807) is 0 Å². The predicted molar refractivity (Wildman–Crippen MR) is 134 cm³/mol. The third kappa shape index (κ3) is 4.40. The summed E-state index contributed by atoms with van der Waals surface area (Å²) in [6.45, 7) is 6.41. The highest BCUT2D eigenvalue weighted by Gasteiger charge is 2.23. The van der Waals surface area contributed by atoms with Crippen molar-refractivity contribution in [1.29, 1.82) is 0 Å². The van der Waals surface area contributed by atoms with Crippen LogP contribution in [0.25, 0.3) is 17.0 Å². The third-order valence-electron chi connectivity index (χ3n) is 5.17. The highest BCUT2D eigenvalue weighted by Crippen LogP contribution is 2.46. The smallest absolute Gasteiger partial charge is 0.213 e. The molecule has 4 heteroatoms. The van der Waals surface area contributed by atoms with E-state index < -0.39 is 0 Å². The van der Waals surface area contributed by atoms with Gasteiger partial charge in [-0.05, 0) is 42.8 Å². The lowest BCUT2D eigenvalue weighted by atomic mass is 10.1. The SMILES string of the molecule is CCC[n+]1ccc(C=CC=CC=C2Sc3ccc(Br)cc3N2CC)c2ccccc21. The Morgan fingerprint density at radius 3 is 2.73 bits per heavy atom. The number of benzene rings is 2. The van der Waals surface area contributed by atoms with Crippen LogP contribution in [0.4, 0.5) is 5.69 Å². The quantitative estimate of drug-likeness (QED) is 0.270. The highest BCUT2D eigenvalue weighted by atomic mass is 79.9. The molecule has 0 unspecified atom stereocenters. The first kappa shape index (κ1) is 21.0. The summed E-state index contributed by atoms with van der Waals surface area (Å²) in [6, 6.07) is 17.3. The van der Waals surface area contributed by atoms with Crippen molar-refractivity contribution in [2.75, 3.05) is 11.4 Å². The molecule has 2 aromatic carbocycles. The zero-order chi connectivity index (χ0) is 20.9. The van der Waals surface area contributed by atoms with Gasteiger partial charge >= 0.3 is 0 Å². The van der Waals surface area contributed by atoms with E-state index in [9.17, 15) is 0 Å². The zero-order valence-corrected chi connectivity index (χ0v) is 19.8. The maximum atomic E-state index is 3.59. The zero-order valence-electron chi connectivity index (χ0n) is 17.4. The van der Waals surface area contributed by atoms with Crippen LogP contribution >= 0.6 is 27.7 Å². The van der Waals surface area contributed by atoms with Crippen LogP contribution in [0, 0.1) is 0 Å². The summed E-state index contributed by atoms with van der Waals surface area (Å²) in [5.74, 6) is 0. The summed E-state index contributed by atoms with van der Waals surface area (Å²) in [6.07, 6.45) is 14.1. The Kier molecular flexibility index (Phi) is 6.76. The number of halogens is 1. The molecule has 0 bridgehead atoms. The number of aryl methyl sites for hydroxylation is 1. The molecule has 0 radical (unpaired) electrons. The molecule has 2 heterocycles. The van der Waals surface area contributed by atoms with Crippen molar-refractivity contribution in [3.63, 3.8) is 0 Å². The number of aromatic nitrogens is 1. The molecular weight excluding hydrogens is 452 g/mol. The third-order valence-corrected chi connectivity index (χ3v) is 6.79. The van der Waals surface area contributed by atoms with Crippen LogP contribution in [0.5, 0.6) is 0 Å². The second-order valence-corrected chi connectivity index (χ2v) is 9.17. The fourth-order valence-electron chi connectivity index (χ4n) is 3.78. The second-order valence-electron chi connectivity index (χ2n) is 7.19. The maximum absolute atomic E-state index is 3.59. The first-order valence-corrected chi connectivity index (χ1v) is 12.0.